The summed E-state index contributed by atoms with van der Waals surface area (Å²) in [6.07, 6.45) is 1.76. The highest BCUT2D eigenvalue weighted by atomic mass is 16.3. The van der Waals surface area contributed by atoms with Gasteiger partial charge in [0, 0.05) is 31.3 Å². The minimum absolute atomic E-state index is 0.0813. The van der Waals surface area contributed by atoms with Crippen LogP contribution < -0.4 is 5.32 Å². The predicted molar refractivity (Wildman–Crippen MR) is 59.3 cm³/mol. The Morgan fingerprint density at radius 1 is 1.47 bits per heavy atom. The molecule has 0 saturated carbocycles. The van der Waals surface area contributed by atoms with Gasteiger partial charge in [-0.3, -0.25) is 0 Å². The molecule has 84 valence electrons. The molecule has 1 rings (SSSR count). The maximum atomic E-state index is 9.07. The maximum Gasteiger partial charge on any atom is 0.125 e. The molecule has 15 heavy (non-hydrogen) atoms. The lowest BCUT2D eigenvalue weighted by atomic mass is 9.95. The number of aliphatic hydroxyl groups excluding tert-OH is 1. The van der Waals surface area contributed by atoms with E-state index >= 15 is 0 Å². The van der Waals surface area contributed by atoms with Crippen molar-refractivity contribution in [1.29, 1.82) is 0 Å². The highest BCUT2D eigenvalue weighted by Gasteiger charge is 2.15. The van der Waals surface area contributed by atoms with Crippen LogP contribution in [0.5, 0.6) is 0 Å². The molecule has 0 aliphatic rings. The van der Waals surface area contributed by atoms with Crippen LogP contribution in [-0.2, 0) is 6.54 Å². The van der Waals surface area contributed by atoms with Crippen LogP contribution in [0.1, 0.15) is 25.4 Å². The summed E-state index contributed by atoms with van der Waals surface area (Å²) in [7, 11) is 0. The Balaban J connectivity index is 2.38. The zero-order valence-corrected chi connectivity index (χ0v) is 9.62. The van der Waals surface area contributed by atoms with Crippen LogP contribution in [-0.4, -0.2) is 28.2 Å². The lowest BCUT2D eigenvalue weighted by Gasteiger charge is -2.21. The molecule has 4 heteroatoms. The largest absolute Gasteiger partial charge is 0.396 e. The molecule has 0 spiro atoms. The number of aliphatic hydroxyl groups is 1. The van der Waals surface area contributed by atoms with E-state index in [1.807, 2.05) is 26.8 Å². The van der Waals surface area contributed by atoms with E-state index in [1.165, 1.54) is 0 Å². The number of hydrogen-bond acceptors (Lipinski definition) is 4. The molecule has 0 atom stereocenters. The number of nitrogens with zero attached hydrogens (tertiary/aromatic N) is 2. The van der Waals surface area contributed by atoms with Crippen LogP contribution in [0.25, 0.3) is 0 Å². The molecule has 1 aromatic heterocycles. The van der Waals surface area contributed by atoms with E-state index in [0.29, 0.717) is 6.54 Å². The standard InChI is InChI=1S/C11H19N3O/c1-9-13-5-4-10(14-9)6-12-7-11(2,3)8-15/h4-5,12,15H,6-8H2,1-3H3. The maximum absolute atomic E-state index is 9.07. The first-order valence-electron chi connectivity index (χ1n) is 5.14. The third-order valence-corrected chi connectivity index (χ3v) is 2.17. The van der Waals surface area contributed by atoms with Gasteiger partial charge in [0.05, 0.1) is 5.69 Å². The monoisotopic (exact) mass is 209 g/mol. The van der Waals surface area contributed by atoms with E-state index in [4.69, 9.17) is 5.11 Å². The van der Waals surface area contributed by atoms with E-state index in [9.17, 15) is 0 Å². The van der Waals surface area contributed by atoms with Gasteiger partial charge in [-0.05, 0) is 13.0 Å². The Morgan fingerprint density at radius 2 is 2.20 bits per heavy atom. The highest BCUT2D eigenvalue weighted by molar-refractivity contribution is 5.01. The summed E-state index contributed by atoms with van der Waals surface area (Å²) >= 11 is 0. The topological polar surface area (TPSA) is 58.0 Å². The molecule has 0 amide bonds. The van der Waals surface area contributed by atoms with Crippen LogP contribution in [0.15, 0.2) is 12.3 Å². The summed E-state index contributed by atoms with van der Waals surface area (Å²) in [5.41, 5.74) is 0.901. The van der Waals surface area contributed by atoms with Crippen molar-refractivity contribution >= 4 is 0 Å². The molecule has 0 bridgehead atoms. The SMILES string of the molecule is Cc1nccc(CNCC(C)(C)CO)n1. The van der Waals surface area contributed by atoms with Crippen molar-refractivity contribution in [3.63, 3.8) is 0 Å². The van der Waals surface area contributed by atoms with Crippen LogP contribution in [0.4, 0.5) is 0 Å². The van der Waals surface area contributed by atoms with E-state index in [-0.39, 0.29) is 12.0 Å². The lowest BCUT2D eigenvalue weighted by Crippen LogP contribution is -2.32. The second-order valence-corrected chi connectivity index (χ2v) is 4.52. The fourth-order valence-electron chi connectivity index (χ4n) is 1.19. The molecule has 0 aliphatic heterocycles. The van der Waals surface area contributed by atoms with Gasteiger partial charge in [-0.2, -0.15) is 0 Å². The van der Waals surface area contributed by atoms with E-state index in [1.54, 1.807) is 6.20 Å². The summed E-state index contributed by atoms with van der Waals surface area (Å²) in [6, 6.07) is 1.89. The average Bonchev–Trinajstić information content (AvgIpc) is 2.18. The lowest BCUT2D eigenvalue weighted by molar-refractivity contribution is 0.156. The van der Waals surface area contributed by atoms with Gasteiger partial charge in [-0.15, -0.1) is 0 Å². The van der Waals surface area contributed by atoms with Gasteiger partial charge in [0.2, 0.25) is 0 Å². The Hall–Kier alpha value is -1.00. The summed E-state index contributed by atoms with van der Waals surface area (Å²) in [4.78, 5) is 8.32. The summed E-state index contributed by atoms with van der Waals surface area (Å²) < 4.78 is 0. The van der Waals surface area contributed by atoms with Gasteiger partial charge in [-0.1, -0.05) is 13.8 Å². The van der Waals surface area contributed by atoms with E-state index in [2.05, 4.69) is 15.3 Å². The first-order valence-corrected chi connectivity index (χ1v) is 5.14. The third-order valence-electron chi connectivity index (χ3n) is 2.17. The number of aryl methyl sites for hydroxylation is 1. The van der Waals surface area contributed by atoms with Gasteiger partial charge < -0.3 is 10.4 Å². The normalized spacial score (nSPS) is 11.7. The number of nitrogens with one attached hydrogen (secondary N) is 1. The zero-order chi connectivity index (χ0) is 11.3. The quantitative estimate of drug-likeness (QED) is 0.756. The number of hydrogen-bond donors (Lipinski definition) is 2. The van der Waals surface area contributed by atoms with E-state index < -0.39 is 0 Å². The van der Waals surface area contributed by atoms with Gasteiger partial charge in [-0.25, -0.2) is 9.97 Å². The molecule has 1 aromatic rings. The van der Waals surface area contributed by atoms with Gasteiger partial charge >= 0.3 is 0 Å². The first kappa shape index (κ1) is 12.1. The molecule has 0 saturated heterocycles. The second-order valence-electron chi connectivity index (χ2n) is 4.52. The van der Waals surface area contributed by atoms with Crippen molar-refractivity contribution in [3.05, 3.63) is 23.8 Å². The molecule has 4 nitrogen and oxygen atoms in total. The van der Waals surface area contributed by atoms with Crippen molar-refractivity contribution in [2.75, 3.05) is 13.2 Å². The number of aromatic nitrogens is 2. The molecule has 0 unspecified atom stereocenters. The Bertz CT molecular complexity index is 312. The number of rotatable bonds is 5. The first-order chi connectivity index (χ1) is 7.03. The van der Waals surface area contributed by atoms with Crippen molar-refractivity contribution in [2.24, 2.45) is 5.41 Å². The molecule has 0 aromatic carbocycles. The average molecular weight is 209 g/mol. The third kappa shape index (κ3) is 4.36. The Morgan fingerprint density at radius 3 is 2.80 bits per heavy atom. The van der Waals surface area contributed by atoms with E-state index in [0.717, 1.165) is 18.1 Å². The van der Waals surface area contributed by atoms with Gasteiger partial charge in [0.15, 0.2) is 0 Å². The fourth-order valence-corrected chi connectivity index (χ4v) is 1.19. The summed E-state index contributed by atoms with van der Waals surface area (Å²) in [5.74, 6) is 0.788. The van der Waals surface area contributed by atoms with Crippen LogP contribution in [0, 0.1) is 12.3 Å². The van der Waals surface area contributed by atoms with Crippen LogP contribution >= 0.6 is 0 Å². The van der Waals surface area contributed by atoms with Gasteiger partial charge in [0.1, 0.15) is 5.82 Å². The van der Waals surface area contributed by atoms with Gasteiger partial charge in [0.25, 0.3) is 0 Å². The molecular weight excluding hydrogens is 190 g/mol. The smallest absolute Gasteiger partial charge is 0.125 e. The minimum Gasteiger partial charge on any atom is -0.396 e. The molecule has 0 radical (unpaired) electrons. The molecule has 0 aliphatic carbocycles. The van der Waals surface area contributed by atoms with Crippen molar-refractivity contribution in [2.45, 2.75) is 27.3 Å². The zero-order valence-electron chi connectivity index (χ0n) is 9.62. The predicted octanol–water partition coefficient (Wildman–Crippen LogP) is 0.893. The minimum atomic E-state index is -0.0813. The Kier molecular flexibility index (Phi) is 4.17. The van der Waals surface area contributed by atoms with Crippen LogP contribution in [0.3, 0.4) is 0 Å². The Labute approximate surface area is 90.8 Å². The molecule has 1 heterocycles. The molecule has 0 fully saturated rings. The fraction of sp³-hybridized carbons (Fsp3) is 0.636. The van der Waals surface area contributed by atoms with Crippen molar-refractivity contribution in [3.8, 4) is 0 Å². The summed E-state index contributed by atoms with van der Waals surface area (Å²) in [5, 5.41) is 12.3. The second kappa shape index (κ2) is 5.19. The van der Waals surface area contributed by atoms with Crippen molar-refractivity contribution in [1.82, 2.24) is 15.3 Å². The molecular formula is C11H19N3O. The molecule has 2 N–H and O–H groups in total. The van der Waals surface area contributed by atoms with Crippen LogP contribution in [0.2, 0.25) is 0 Å². The highest BCUT2D eigenvalue weighted by Crippen LogP contribution is 2.11. The van der Waals surface area contributed by atoms with Crippen molar-refractivity contribution < 1.29 is 5.11 Å². The summed E-state index contributed by atoms with van der Waals surface area (Å²) in [6.45, 7) is 7.58.